The third kappa shape index (κ3) is 3.72. The SMILES string of the molecule is CCCNc1ccc(C(=O)Nc2nnc(C)s2)nc1. The lowest BCUT2D eigenvalue weighted by atomic mass is 10.3. The summed E-state index contributed by atoms with van der Waals surface area (Å²) in [6.07, 6.45) is 2.69. The molecule has 1 amide bonds. The van der Waals surface area contributed by atoms with Crippen molar-refractivity contribution in [2.24, 2.45) is 0 Å². The summed E-state index contributed by atoms with van der Waals surface area (Å²) in [7, 11) is 0. The van der Waals surface area contributed by atoms with Crippen molar-refractivity contribution in [2.45, 2.75) is 20.3 Å². The molecular weight excluding hydrogens is 262 g/mol. The molecule has 0 spiro atoms. The van der Waals surface area contributed by atoms with Crippen LogP contribution in [0.15, 0.2) is 18.3 Å². The maximum absolute atomic E-state index is 11.9. The zero-order chi connectivity index (χ0) is 13.7. The molecular formula is C12H15N5OS. The molecule has 0 radical (unpaired) electrons. The summed E-state index contributed by atoms with van der Waals surface area (Å²) in [6.45, 7) is 4.81. The Morgan fingerprint density at radius 1 is 1.37 bits per heavy atom. The lowest BCUT2D eigenvalue weighted by Crippen LogP contribution is -2.13. The fourth-order valence-electron chi connectivity index (χ4n) is 1.41. The molecule has 2 heterocycles. The Bertz CT molecular complexity index is 552. The number of carbonyl (C=O) groups is 1. The maximum atomic E-state index is 11.9. The Labute approximate surface area is 115 Å². The van der Waals surface area contributed by atoms with Crippen LogP contribution in [0, 0.1) is 6.92 Å². The molecule has 2 rings (SSSR count). The largest absolute Gasteiger partial charge is 0.384 e. The molecule has 2 N–H and O–H groups in total. The van der Waals surface area contributed by atoms with Crippen LogP contribution in [-0.4, -0.2) is 27.6 Å². The van der Waals surface area contributed by atoms with Gasteiger partial charge in [-0.15, -0.1) is 10.2 Å². The second kappa shape index (κ2) is 6.24. The van der Waals surface area contributed by atoms with Gasteiger partial charge in [0.05, 0.1) is 11.9 Å². The molecule has 0 aliphatic rings. The van der Waals surface area contributed by atoms with Crippen molar-refractivity contribution < 1.29 is 4.79 Å². The quantitative estimate of drug-likeness (QED) is 0.876. The van der Waals surface area contributed by atoms with E-state index in [0.29, 0.717) is 10.8 Å². The highest BCUT2D eigenvalue weighted by molar-refractivity contribution is 7.15. The van der Waals surface area contributed by atoms with Gasteiger partial charge in [0.25, 0.3) is 5.91 Å². The minimum atomic E-state index is -0.279. The van der Waals surface area contributed by atoms with Gasteiger partial charge in [-0.05, 0) is 25.5 Å². The zero-order valence-electron chi connectivity index (χ0n) is 10.8. The highest BCUT2D eigenvalue weighted by atomic mass is 32.1. The van der Waals surface area contributed by atoms with Crippen molar-refractivity contribution in [3.63, 3.8) is 0 Å². The Hall–Kier alpha value is -2.02. The summed E-state index contributed by atoms with van der Waals surface area (Å²) in [4.78, 5) is 16.0. The Balaban J connectivity index is 1.99. The Kier molecular flexibility index (Phi) is 4.40. The molecule has 2 aromatic rings. The van der Waals surface area contributed by atoms with E-state index in [1.54, 1.807) is 12.3 Å². The third-order valence-electron chi connectivity index (χ3n) is 2.32. The molecule has 2 aromatic heterocycles. The van der Waals surface area contributed by atoms with Crippen LogP contribution in [0.3, 0.4) is 0 Å². The number of hydrogen-bond donors (Lipinski definition) is 2. The zero-order valence-corrected chi connectivity index (χ0v) is 11.6. The van der Waals surface area contributed by atoms with Crippen LogP contribution in [0.5, 0.6) is 0 Å². The molecule has 0 unspecified atom stereocenters. The number of carbonyl (C=O) groups excluding carboxylic acids is 1. The van der Waals surface area contributed by atoms with Gasteiger partial charge in [0.15, 0.2) is 0 Å². The smallest absolute Gasteiger partial charge is 0.276 e. The van der Waals surface area contributed by atoms with Gasteiger partial charge < -0.3 is 5.32 Å². The van der Waals surface area contributed by atoms with E-state index in [4.69, 9.17) is 0 Å². The van der Waals surface area contributed by atoms with Gasteiger partial charge in [0.1, 0.15) is 10.7 Å². The van der Waals surface area contributed by atoms with Crippen molar-refractivity contribution in [1.82, 2.24) is 15.2 Å². The first-order valence-corrected chi connectivity index (χ1v) is 6.82. The normalized spacial score (nSPS) is 10.2. The van der Waals surface area contributed by atoms with Crippen LogP contribution in [-0.2, 0) is 0 Å². The van der Waals surface area contributed by atoms with E-state index in [0.717, 1.165) is 23.7 Å². The van der Waals surface area contributed by atoms with Gasteiger partial charge in [0.2, 0.25) is 5.13 Å². The Morgan fingerprint density at radius 3 is 2.79 bits per heavy atom. The lowest BCUT2D eigenvalue weighted by molar-refractivity contribution is 0.102. The van der Waals surface area contributed by atoms with Crippen molar-refractivity contribution in [3.8, 4) is 0 Å². The number of rotatable bonds is 5. The predicted molar refractivity (Wildman–Crippen MR) is 75.6 cm³/mol. The average Bonchev–Trinajstić information content (AvgIpc) is 2.82. The maximum Gasteiger partial charge on any atom is 0.276 e. The van der Waals surface area contributed by atoms with Crippen LogP contribution < -0.4 is 10.6 Å². The molecule has 0 aromatic carbocycles. The van der Waals surface area contributed by atoms with E-state index in [2.05, 4.69) is 32.7 Å². The number of nitrogens with one attached hydrogen (secondary N) is 2. The number of amides is 1. The average molecular weight is 277 g/mol. The molecule has 0 saturated carbocycles. The summed E-state index contributed by atoms with van der Waals surface area (Å²) in [6, 6.07) is 3.52. The Morgan fingerprint density at radius 2 is 2.21 bits per heavy atom. The fraction of sp³-hybridized carbons (Fsp3) is 0.333. The minimum Gasteiger partial charge on any atom is -0.384 e. The van der Waals surface area contributed by atoms with Gasteiger partial charge >= 0.3 is 0 Å². The van der Waals surface area contributed by atoms with Gasteiger partial charge in [-0.25, -0.2) is 4.98 Å². The number of aryl methyl sites for hydroxylation is 1. The molecule has 6 nitrogen and oxygen atoms in total. The molecule has 0 saturated heterocycles. The van der Waals surface area contributed by atoms with Crippen molar-refractivity contribution in [3.05, 3.63) is 29.0 Å². The summed E-state index contributed by atoms with van der Waals surface area (Å²) in [5.41, 5.74) is 1.26. The molecule has 0 aliphatic heterocycles. The number of aromatic nitrogens is 3. The highest BCUT2D eigenvalue weighted by Crippen LogP contribution is 2.15. The summed E-state index contributed by atoms with van der Waals surface area (Å²) < 4.78 is 0. The number of anilines is 2. The first-order chi connectivity index (χ1) is 9.19. The van der Waals surface area contributed by atoms with E-state index in [1.807, 2.05) is 13.0 Å². The monoisotopic (exact) mass is 277 g/mol. The van der Waals surface area contributed by atoms with Crippen LogP contribution >= 0.6 is 11.3 Å². The molecule has 0 aliphatic carbocycles. The topological polar surface area (TPSA) is 79.8 Å². The molecule has 100 valence electrons. The number of nitrogens with zero attached hydrogens (tertiary/aromatic N) is 3. The van der Waals surface area contributed by atoms with Gasteiger partial charge in [-0.3, -0.25) is 10.1 Å². The molecule has 7 heteroatoms. The standard InChI is InChI=1S/C12H15N5OS/c1-3-6-13-9-4-5-10(14-7-9)11(18)15-12-17-16-8(2)19-12/h4-5,7,13H,3,6H2,1-2H3,(H,15,17,18). The van der Waals surface area contributed by atoms with E-state index in [9.17, 15) is 4.79 Å². The van der Waals surface area contributed by atoms with E-state index in [1.165, 1.54) is 11.3 Å². The molecule has 0 bridgehead atoms. The van der Waals surface area contributed by atoms with Crippen LogP contribution in [0.25, 0.3) is 0 Å². The molecule has 19 heavy (non-hydrogen) atoms. The first-order valence-electron chi connectivity index (χ1n) is 6.00. The third-order valence-corrected chi connectivity index (χ3v) is 3.08. The van der Waals surface area contributed by atoms with Crippen LogP contribution in [0.2, 0.25) is 0 Å². The van der Waals surface area contributed by atoms with Gasteiger partial charge in [-0.1, -0.05) is 18.3 Å². The minimum absolute atomic E-state index is 0.279. The first kappa shape index (κ1) is 13.4. The second-order valence-corrected chi connectivity index (χ2v) is 5.12. The molecule has 0 atom stereocenters. The lowest BCUT2D eigenvalue weighted by Gasteiger charge is -2.05. The van der Waals surface area contributed by atoms with E-state index in [-0.39, 0.29) is 5.91 Å². The van der Waals surface area contributed by atoms with Crippen LogP contribution in [0.4, 0.5) is 10.8 Å². The van der Waals surface area contributed by atoms with E-state index < -0.39 is 0 Å². The van der Waals surface area contributed by atoms with Gasteiger partial charge in [-0.2, -0.15) is 0 Å². The van der Waals surface area contributed by atoms with Crippen molar-refractivity contribution >= 4 is 28.1 Å². The molecule has 0 fully saturated rings. The predicted octanol–water partition coefficient (Wildman–Crippen LogP) is 2.32. The highest BCUT2D eigenvalue weighted by Gasteiger charge is 2.10. The number of pyridine rings is 1. The van der Waals surface area contributed by atoms with Crippen molar-refractivity contribution in [2.75, 3.05) is 17.2 Å². The number of hydrogen-bond acceptors (Lipinski definition) is 6. The summed E-state index contributed by atoms with van der Waals surface area (Å²) in [5.74, 6) is -0.279. The van der Waals surface area contributed by atoms with Gasteiger partial charge in [0, 0.05) is 6.54 Å². The second-order valence-electron chi connectivity index (χ2n) is 3.94. The van der Waals surface area contributed by atoms with Crippen LogP contribution in [0.1, 0.15) is 28.8 Å². The van der Waals surface area contributed by atoms with E-state index >= 15 is 0 Å². The van der Waals surface area contributed by atoms with Crippen molar-refractivity contribution in [1.29, 1.82) is 0 Å². The summed E-state index contributed by atoms with van der Waals surface area (Å²) >= 11 is 1.33. The summed E-state index contributed by atoms with van der Waals surface area (Å²) in [5, 5.41) is 14.8. The fourth-order valence-corrected chi connectivity index (χ4v) is 2.00.